The van der Waals surface area contributed by atoms with Gasteiger partial charge in [0.05, 0.1) is 23.0 Å². The van der Waals surface area contributed by atoms with Crippen LogP contribution >= 0.6 is 0 Å². The number of para-hydroxylation sites is 1. The van der Waals surface area contributed by atoms with Gasteiger partial charge in [0.25, 0.3) is 0 Å². The van der Waals surface area contributed by atoms with Gasteiger partial charge in [-0.1, -0.05) is 12.1 Å². The molecule has 0 saturated carbocycles. The van der Waals surface area contributed by atoms with Gasteiger partial charge in [-0.05, 0) is 32.9 Å². The molecule has 98 valence electrons. The molecule has 4 nitrogen and oxygen atoms in total. The van der Waals surface area contributed by atoms with Crippen molar-refractivity contribution in [1.29, 1.82) is 5.26 Å². The van der Waals surface area contributed by atoms with Crippen molar-refractivity contribution in [2.45, 2.75) is 32.9 Å². The van der Waals surface area contributed by atoms with E-state index in [4.69, 9.17) is 5.26 Å². The predicted octanol–water partition coefficient (Wildman–Crippen LogP) is 3.12. The molecule has 0 aliphatic carbocycles. The fraction of sp³-hybridized carbons (Fsp3) is 0.333. The zero-order valence-electron chi connectivity index (χ0n) is 11.5. The third-order valence-electron chi connectivity index (χ3n) is 2.85. The highest BCUT2D eigenvalue weighted by Crippen LogP contribution is 2.16. The van der Waals surface area contributed by atoms with E-state index in [0.29, 0.717) is 12.1 Å². The van der Waals surface area contributed by atoms with Crippen molar-refractivity contribution < 1.29 is 0 Å². The van der Waals surface area contributed by atoms with E-state index in [-0.39, 0.29) is 5.54 Å². The van der Waals surface area contributed by atoms with E-state index in [1.807, 2.05) is 35.3 Å². The van der Waals surface area contributed by atoms with Crippen molar-refractivity contribution in [2.24, 2.45) is 0 Å². The lowest BCUT2D eigenvalue weighted by atomic mass is 10.1. The first-order valence-corrected chi connectivity index (χ1v) is 6.28. The van der Waals surface area contributed by atoms with Crippen molar-refractivity contribution in [3.63, 3.8) is 0 Å². The van der Waals surface area contributed by atoms with Gasteiger partial charge in [0.2, 0.25) is 0 Å². The molecule has 0 aliphatic heterocycles. The molecule has 0 amide bonds. The zero-order chi connectivity index (χ0) is 13.9. The number of benzene rings is 1. The second-order valence-electron chi connectivity index (χ2n) is 5.47. The summed E-state index contributed by atoms with van der Waals surface area (Å²) in [6, 6.07) is 9.67. The lowest BCUT2D eigenvalue weighted by Gasteiger charge is -2.18. The Kier molecular flexibility index (Phi) is 3.57. The van der Waals surface area contributed by atoms with Crippen molar-refractivity contribution >= 4 is 5.69 Å². The van der Waals surface area contributed by atoms with Gasteiger partial charge in [0, 0.05) is 18.3 Å². The highest BCUT2D eigenvalue weighted by atomic mass is 15.3. The Morgan fingerprint density at radius 1 is 1.32 bits per heavy atom. The van der Waals surface area contributed by atoms with Crippen LogP contribution in [-0.2, 0) is 12.1 Å². The van der Waals surface area contributed by atoms with E-state index < -0.39 is 0 Å². The first-order valence-electron chi connectivity index (χ1n) is 6.28. The van der Waals surface area contributed by atoms with Crippen LogP contribution in [0.4, 0.5) is 5.69 Å². The first-order chi connectivity index (χ1) is 9.00. The minimum absolute atomic E-state index is 0.0111. The van der Waals surface area contributed by atoms with Crippen LogP contribution in [-0.4, -0.2) is 9.78 Å². The smallest absolute Gasteiger partial charge is 0.101 e. The van der Waals surface area contributed by atoms with E-state index >= 15 is 0 Å². The SMILES string of the molecule is CC(C)(C)n1cc(CNc2ccccc2C#N)cn1. The summed E-state index contributed by atoms with van der Waals surface area (Å²) in [5, 5.41) is 16.6. The van der Waals surface area contributed by atoms with Gasteiger partial charge in [-0.3, -0.25) is 4.68 Å². The molecule has 2 aromatic rings. The molecule has 1 aromatic heterocycles. The van der Waals surface area contributed by atoms with Gasteiger partial charge >= 0.3 is 0 Å². The quantitative estimate of drug-likeness (QED) is 0.915. The molecule has 0 fully saturated rings. The number of anilines is 1. The summed E-state index contributed by atoms with van der Waals surface area (Å²) in [4.78, 5) is 0. The second kappa shape index (κ2) is 5.15. The first kappa shape index (κ1) is 13.2. The van der Waals surface area contributed by atoms with Crippen LogP contribution in [0.15, 0.2) is 36.7 Å². The number of hydrogen-bond donors (Lipinski definition) is 1. The van der Waals surface area contributed by atoms with Gasteiger partial charge in [-0.2, -0.15) is 10.4 Å². The van der Waals surface area contributed by atoms with Gasteiger partial charge in [-0.25, -0.2) is 0 Å². The Morgan fingerprint density at radius 2 is 2.05 bits per heavy atom. The molecule has 4 heteroatoms. The summed E-state index contributed by atoms with van der Waals surface area (Å²) in [5.41, 5.74) is 2.60. The lowest BCUT2D eigenvalue weighted by molar-refractivity contribution is 0.355. The highest BCUT2D eigenvalue weighted by Gasteiger charge is 2.13. The van der Waals surface area contributed by atoms with Gasteiger partial charge in [-0.15, -0.1) is 0 Å². The summed E-state index contributed by atoms with van der Waals surface area (Å²) in [6.45, 7) is 7.00. The predicted molar refractivity (Wildman–Crippen MR) is 75.7 cm³/mol. The van der Waals surface area contributed by atoms with Gasteiger partial charge < -0.3 is 5.32 Å². The number of hydrogen-bond acceptors (Lipinski definition) is 3. The maximum absolute atomic E-state index is 9.02. The Morgan fingerprint density at radius 3 is 2.68 bits per heavy atom. The molecule has 0 atom stereocenters. The highest BCUT2D eigenvalue weighted by molar-refractivity contribution is 5.57. The second-order valence-corrected chi connectivity index (χ2v) is 5.47. The van der Waals surface area contributed by atoms with E-state index in [9.17, 15) is 0 Å². The minimum Gasteiger partial charge on any atom is -0.380 e. The number of nitrogens with zero attached hydrogens (tertiary/aromatic N) is 3. The number of nitriles is 1. The van der Waals surface area contributed by atoms with Crippen LogP contribution in [0, 0.1) is 11.3 Å². The fourth-order valence-electron chi connectivity index (χ4n) is 1.75. The maximum atomic E-state index is 9.02. The number of rotatable bonds is 3. The topological polar surface area (TPSA) is 53.6 Å². The monoisotopic (exact) mass is 254 g/mol. The van der Waals surface area contributed by atoms with Crippen LogP contribution in [0.5, 0.6) is 0 Å². The Balaban J connectivity index is 2.07. The van der Waals surface area contributed by atoms with Crippen molar-refractivity contribution in [2.75, 3.05) is 5.32 Å². The van der Waals surface area contributed by atoms with Crippen LogP contribution in [0.25, 0.3) is 0 Å². The molecule has 0 unspecified atom stereocenters. The number of aromatic nitrogens is 2. The number of nitrogens with one attached hydrogen (secondary N) is 1. The van der Waals surface area contributed by atoms with Crippen molar-refractivity contribution in [1.82, 2.24) is 9.78 Å². The molecule has 0 bridgehead atoms. The molecule has 0 saturated heterocycles. The molecule has 0 spiro atoms. The molecule has 1 N–H and O–H groups in total. The third kappa shape index (κ3) is 3.14. The molecule has 1 aromatic carbocycles. The van der Waals surface area contributed by atoms with E-state index in [2.05, 4.69) is 37.3 Å². The fourth-order valence-corrected chi connectivity index (χ4v) is 1.75. The molecular formula is C15H18N4. The van der Waals surface area contributed by atoms with Crippen LogP contribution in [0.2, 0.25) is 0 Å². The molecule has 0 radical (unpaired) electrons. The summed E-state index contributed by atoms with van der Waals surface area (Å²) in [5.74, 6) is 0. The minimum atomic E-state index is -0.0111. The molecule has 0 aliphatic rings. The molecule has 19 heavy (non-hydrogen) atoms. The van der Waals surface area contributed by atoms with Crippen LogP contribution in [0.1, 0.15) is 31.9 Å². The summed E-state index contributed by atoms with van der Waals surface area (Å²) >= 11 is 0. The summed E-state index contributed by atoms with van der Waals surface area (Å²) in [7, 11) is 0. The van der Waals surface area contributed by atoms with E-state index in [1.54, 1.807) is 6.07 Å². The average Bonchev–Trinajstić information content (AvgIpc) is 2.85. The molecule has 1 heterocycles. The standard InChI is InChI=1S/C15H18N4/c1-15(2,3)19-11-12(10-18-19)9-17-14-7-5-4-6-13(14)8-16/h4-7,10-11,17H,9H2,1-3H3. The average molecular weight is 254 g/mol. The Hall–Kier alpha value is -2.28. The van der Waals surface area contributed by atoms with Gasteiger partial charge in [0.1, 0.15) is 6.07 Å². The van der Waals surface area contributed by atoms with E-state index in [0.717, 1.165) is 11.3 Å². The Bertz CT molecular complexity index is 599. The van der Waals surface area contributed by atoms with E-state index in [1.165, 1.54) is 0 Å². The summed E-state index contributed by atoms with van der Waals surface area (Å²) in [6.07, 6.45) is 3.88. The van der Waals surface area contributed by atoms with Crippen LogP contribution < -0.4 is 5.32 Å². The van der Waals surface area contributed by atoms with Crippen molar-refractivity contribution in [3.8, 4) is 6.07 Å². The van der Waals surface area contributed by atoms with Crippen molar-refractivity contribution in [3.05, 3.63) is 47.8 Å². The zero-order valence-corrected chi connectivity index (χ0v) is 11.5. The summed E-state index contributed by atoms with van der Waals surface area (Å²) < 4.78 is 1.94. The molecule has 2 rings (SSSR count). The lowest BCUT2D eigenvalue weighted by Crippen LogP contribution is -2.21. The molecular weight excluding hydrogens is 236 g/mol. The normalized spacial score (nSPS) is 11.1. The third-order valence-corrected chi connectivity index (χ3v) is 2.85. The Labute approximate surface area is 113 Å². The van der Waals surface area contributed by atoms with Crippen LogP contribution in [0.3, 0.4) is 0 Å². The van der Waals surface area contributed by atoms with Gasteiger partial charge in [0.15, 0.2) is 0 Å². The maximum Gasteiger partial charge on any atom is 0.101 e. The largest absolute Gasteiger partial charge is 0.380 e.